The number of hydrogen-bond donors (Lipinski definition) is 0. The molecule has 1 aliphatic heterocycles. The van der Waals surface area contributed by atoms with Crippen molar-refractivity contribution in [2.24, 2.45) is 0 Å². The minimum atomic E-state index is 0.0692. The largest absolute Gasteiger partial charge is 0.487 e. The number of rotatable bonds is 5. The molecule has 1 aliphatic rings. The molecule has 3 aromatic rings. The molecule has 1 saturated heterocycles. The molecule has 6 nitrogen and oxygen atoms in total. The zero-order chi connectivity index (χ0) is 17.2. The monoisotopic (exact) mass is 418 g/mol. The molecule has 0 atom stereocenters. The van der Waals surface area contributed by atoms with Gasteiger partial charge in [0.05, 0.1) is 17.1 Å². The summed E-state index contributed by atoms with van der Waals surface area (Å²) < 4.78 is 8.43. The van der Waals surface area contributed by atoms with Crippen molar-refractivity contribution in [1.29, 1.82) is 0 Å². The first-order chi connectivity index (χ1) is 12.2. The van der Waals surface area contributed by atoms with Gasteiger partial charge < -0.3 is 9.64 Å². The molecular weight excluding hydrogens is 404 g/mol. The van der Waals surface area contributed by atoms with Gasteiger partial charge in [-0.25, -0.2) is 4.68 Å². The lowest BCUT2D eigenvalue weighted by molar-refractivity contribution is 0.0503. The van der Waals surface area contributed by atoms with Gasteiger partial charge in [-0.15, -0.1) is 16.4 Å². The number of halogens is 1. The van der Waals surface area contributed by atoms with Gasteiger partial charge in [0.1, 0.15) is 18.1 Å². The number of nitrogens with zero attached hydrogens (tertiary/aromatic N) is 4. The van der Waals surface area contributed by atoms with Gasteiger partial charge in [-0.2, -0.15) is 0 Å². The zero-order valence-electron chi connectivity index (χ0n) is 13.2. The van der Waals surface area contributed by atoms with Crippen LogP contribution in [-0.4, -0.2) is 38.9 Å². The van der Waals surface area contributed by atoms with E-state index in [1.165, 1.54) is 11.3 Å². The molecule has 3 heterocycles. The molecule has 1 amide bonds. The average Bonchev–Trinajstić information content (AvgIpc) is 3.22. The number of ether oxygens (including phenoxy) is 1. The molecule has 0 aliphatic carbocycles. The highest BCUT2D eigenvalue weighted by Crippen LogP contribution is 2.26. The fraction of sp³-hybridized carbons (Fsp3) is 0.235. The van der Waals surface area contributed by atoms with Crippen molar-refractivity contribution < 1.29 is 9.53 Å². The minimum Gasteiger partial charge on any atom is -0.487 e. The van der Waals surface area contributed by atoms with Crippen LogP contribution in [0, 0.1) is 0 Å². The smallest absolute Gasteiger partial charge is 0.264 e. The van der Waals surface area contributed by atoms with E-state index in [0.717, 1.165) is 20.8 Å². The number of carbonyl (C=O) groups is 1. The summed E-state index contributed by atoms with van der Waals surface area (Å²) in [5.41, 5.74) is 0.774. The van der Waals surface area contributed by atoms with Gasteiger partial charge in [0.2, 0.25) is 0 Å². The molecule has 0 unspecified atom stereocenters. The quantitative estimate of drug-likeness (QED) is 0.636. The van der Waals surface area contributed by atoms with Crippen LogP contribution in [-0.2, 0) is 6.61 Å². The molecule has 8 heteroatoms. The molecule has 0 N–H and O–H groups in total. The van der Waals surface area contributed by atoms with Crippen LogP contribution < -0.4 is 4.74 Å². The summed E-state index contributed by atoms with van der Waals surface area (Å²) >= 11 is 4.83. The molecule has 0 radical (unpaired) electrons. The summed E-state index contributed by atoms with van der Waals surface area (Å²) in [6, 6.07) is 11.6. The Hall–Kier alpha value is -2.19. The van der Waals surface area contributed by atoms with Crippen molar-refractivity contribution in [1.82, 2.24) is 19.9 Å². The molecule has 128 valence electrons. The third-order valence-electron chi connectivity index (χ3n) is 3.99. The molecule has 0 spiro atoms. The summed E-state index contributed by atoms with van der Waals surface area (Å²) in [4.78, 5) is 14.9. The van der Waals surface area contributed by atoms with Crippen molar-refractivity contribution in [3.05, 3.63) is 63.0 Å². The van der Waals surface area contributed by atoms with Crippen molar-refractivity contribution in [3.8, 4) is 5.75 Å². The summed E-state index contributed by atoms with van der Waals surface area (Å²) in [6.07, 6.45) is 1.89. The van der Waals surface area contributed by atoms with Crippen molar-refractivity contribution in [2.75, 3.05) is 13.1 Å². The van der Waals surface area contributed by atoms with Gasteiger partial charge in [-0.05, 0) is 34.1 Å². The second kappa shape index (κ2) is 6.97. The van der Waals surface area contributed by atoms with Crippen LogP contribution in [0.4, 0.5) is 0 Å². The average molecular weight is 419 g/mol. The van der Waals surface area contributed by atoms with E-state index in [4.69, 9.17) is 4.74 Å². The first-order valence-corrected chi connectivity index (χ1v) is 9.48. The van der Waals surface area contributed by atoms with Crippen LogP contribution in [0.2, 0.25) is 0 Å². The van der Waals surface area contributed by atoms with Gasteiger partial charge in [0.25, 0.3) is 5.91 Å². The lowest BCUT2D eigenvalue weighted by Gasteiger charge is -2.38. The maximum Gasteiger partial charge on any atom is 0.264 e. The van der Waals surface area contributed by atoms with Gasteiger partial charge in [0, 0.05) is 22.9 Å². The molecule has 4 rings (SSSR count). The number of amides is 1. The van der Waals surface area contributed by atoms with E-state index in [2.05, 4.69) is 26.2 Å². The topological polar surface area (TPSA) is 60.2 Å². The van der Waals surface area contributed by atoms with Crippen LogP contribution in [0.3, 0.4) is 0 Å². The molecule has 0 saturated carbocycles. The predicted octanol–water partition coefficient (Wildman–Crippen LogP) is 3.38. The zero-order valence-corrected chi connectivity index (χ0v) is 15.6. The van der Waals surface area contributed by atoms with Crippen LogP contribution in [0.15, 0.2) is 52.4 Å². The van der Waals surface area contributed by atoms with Crippen LogP contribution in [0.5, 0.6) is 5.75 Å². The normalized spacial score (nSPS) is 14.4. The number of thiophene rings is 1. The standard InChI is InChI=1S/C17H15BrN4O2S/c18-12-6-16(25-11-12)17(23)21-8-14(9-21)22-7-13(19-20-22)10-24-15-4-2-1-3-5-15/h1-7,11,14H,8-10H2. The van der Waals surface area contributed by atoms with Crippen LogP contribution in [0.25, 0.3) is 0 Å². The Bertz CT molecular complexity index is 874. The highest BCUT2D eigenvalue weighted by Gasteiger charge is 2.33. The Morgan fingerprint density at radius 2 is 2.12 bits per heavy atom. The SMILES string of the molecule is O=C(c1cc(Br)cs1)N1CC(n2cc(COc3ccccc3)nn2)C1. The first kappa shape index (κ1) is 16.3. The second-order valence-electron chi connectivity index (χ2n) is 5.78. The molecule has 25 heavy (non-hydrogen) atoms. The Labute approximate surface area is 157 Å². The predicted molar refractivity (Wildman–Crippen MR) is 97.8 cm³/mol. The molecule has 0 bridgehead atoms. The van der Waals surface area contributed by atoms with Crippen LogP contribution in [0.1, 0.15) is 21.4 Å². The number of likely N-dealkylation sites (tertiary alicyclic amines) is 1. The Morgan fingerprint density at radius 3 is 2.84 bits per heavy atom. The Kier molecular flexibility index (Phi) is 4.54. The van der Waals surface area contributed by atoms with E-state index in [0.29, 0.717) is 19.7 Å². The maximum absolute atomic E-state index is 12.3. The van der Waals surface area contributed by atoms with E-state index in [1.807, 2.05) is 57.6 Å². The van der Waals surface area contributed by atoms with E-state index in [9.17, 15) is 4.79 Å². The number of aromatic nitrogens is 3. The molecule has 1 fully saturated rings. The number of benzene rings is 1. The third kappa shape index (κ3) is 3.59. The van der Waals surface area contributed by atoms with E-state index >= 15 is 0 Å². The lowest BCUT2D eigenvalue weighted by Crippen LogP contribution is -2.50. The summed E-state index contributed by atoms with van der Waals surface area (Å²) in [5.74, 6) is 0.874. The lowest BCUT2D eigenvalue weighted by atomic mass is 10.1. The van der Waals surface area contributed by atoms with E-state index < -0.39 is 0 Å². The van der Waals surface area contributed by atoms with Crippen LogP contribution >= 0.6 is 27.3 Å². The molecule has 1 aromatic carbocycles. The highest BCUT2D eigenvalue weighted by molar-refractivity contribution is 9.10. The fourth-order valence-corrected chi connectivity index (χ4v) is 3.99. The van der Waals surface area contributed by atoms with Crippen molar-refractivity contribution in [3.63, 3.8) is 0 Å². The summed E-state index contributed by atoms with van der Waals surface area (Å²) in [7, 11) is 0. The third-order valence-corrected chi connectivity index (χ3v) is 5.67. The number of para-hydroxylation sites is 1. The summed E-state index contributed by atoms with van der Waals surface area (Å²) in [5, 5.41) is 10.2. The Balaban J connectivity index is 1.31. The molecular formula is C17H15BrN4O2S. The summed E-state index contributed by atoms with van der Waals surface area (Å²) in [6.45, 7) is 1.68. The van der Waals surface area contributed by atoms with Gasteiger partial charge in [-0.3, -0.25) is 4.79 Å². The van der Waals surface area contributed by atoms with E-state index in [1.54, 1.807) is 0 Å². The first-order valence-electron chi connectivity index (χ1n) is 7.81. The fourth-order valence-electron chi connectivity index (χ4n) is 2.60. The Morgan fingerprint density at radius 1 is 1.32 bits per heavy atom. The maximum atomic E-state index is 12.3. The second-order valence-corrected chi connectivity index (χ2v) is 7.61. The molecule has 2 aromatic heterocycles. The van der Waals surface area contributed by atoms with Crippen molar-refractivity contribution in [2.45, 2.75) is 12.6 Å². The van der Waals surface area contributed by atoms with E-state index in [-0.39, 0.29) is 11.9 Å². The minimum absolute atomic E-state index is 0.0692. The number of hydrogen-bond acceptors (Lipinski definition) is 5. The van der Waals surface area contributed by atoms with Crippen molar-refractivity contribution >= 4 is 33.2 Å². The number of carbonyl (C=O) groups excluding carboxylic acids is 1. The van der Waals surface area contributed by atoms with Gasteiger partial charge in [-0.1, -0.05) is 23.4 Å². The van der Waals surface area contributed by atoms with Gasteiger partial charge in [0.15, 0.2) is 0 Å². The van der Waals surface area contributed by atoms with Gasteiger partial charge >= 0.3 is 0 Å². The highest BCUT2D eigenvalue weighted by atomic mass is 79.9.